The number of pyridine rings is 1. The van der Waals surface area contributed by atoms with Gasteiger partial charge in [0.15, 0.2) is 5.78 Å². The van der Waals surface area contributed by atoms with E-state index in [1.54, 1.807) is 6.20 Å². The van der Waals surface area contributed by atoms with Crippen molar-refractivity contribution in [3.8, 4) is 11.3 Å². The predicted molar refractivity (Wildman–Crippen MR) is 159 cm³/mol. The summed E-state index contributed by atoms with van der Waals surface area (Å²) < 4.78 is 7.37. The van der Waals surface area contributed by atoms with Crippen LogP contribution in [0.2, 0.25) is 0 Å². The van der Waals surface area contributed by atoms with Crippen molar-refractivity contribution in [2.45, 2.75) is 57.3 Å². The molecule has 0 spiro atoms. The van der Waals surface area contributed by atoms with Crippen molar-refractivity contribution in [2.75, 3.05) is 32.0 Å². The molecule has 3 fully saturated rings. The van der Waals surface area contributed by atoms with E-state index in [1.165, 1.54) is 24.8 Å². The second-order valence-electron chi connectivity index (χ2n) is 12.4. The van der Waals surface area contributed by atoms with Crippen LogP contribution >= 0.6 is 0 Å². The fourth-order valence-electron chi connectivity index (χ4n) is 6.53. The molecule has 4 aromatic rings. The van der Waals surface area contributed by atoms with Crippen LogP contribution in [0.4, 0.5) is 5.82 Å². The lowest BCUT2D eigenvalue weighted by molar-refractivity contribution is -0.169. The standard InChI is InChI=1S/C33H36N6O3/c1-33(19-42-20-33)32(41)38-14-3-6-25(18-38)31-37-28(29-30(34)36-13-15-39(29)31)23-9-7-22(8-10-23)27(40)17-26-16-24(11-12-35-26)21-4-2-5-21/h7-13,15-16,21,25H,2-6,14,17-20H2,1H3,(H2,34,36)/t25-/m1/s1. The first-order valence-electron chi connectivity index (χ1n) is 15.0. The lowest BCUT2D eigenvalue weighted by Gasteiger charge is -2.42. The number of nitrogens with zero attached hydrogens (tertiary/aromatic N) is 5. The van der Waals surface area contributed by atoms with E-state index in [-0.39, 0.29) is 24.0 Å². The average Bonchev–Trinajstić information content (AvgIpc) is 3.36. The van der Waals surface area contributed by atoms with E-state index < -0.39 is 5.41 Å². The minimum Gasteiger partial charge on any atom is -0.382 e. The highest BCUT2D eigenvalue weighted by atomic mass is 16.5. The Labute approximate surface area is 245 Å². The molecule has 7 rings (SSSR count). The quantitative estimate of drug-likeness (QED) is 0.320. The van der Waals surface area contributed by atoms with Crippen LogP contribution in [0.3, 0.4) is 0 Å². The molecule has 0 bridgehead atoms. The van der Waals surface area contributed by atoms with Gasteiger partial charge in [0.1, 0.15) is 22.9 Å². The monoisotopic (exact) mass is 564 g/mol. The van der Waals surface area contributed by atoms with Crippen LogP contribution in [-0.4, -0.2) is 62.2 Å². The van der Waals surface area contributed by atoms with Gasteiger partial charge in [-0.2, -0.15) is 0 Å². The number of rotatable bonds is 7. The predicted octanol–water partition coefficient (Wildman–Crippen LogP) is 4.81. The molecule has 1 atom stereocenters. The zero-order chi connectivity index (χ0) is 28.8. The maximum Gasteiger partial charge on any atom is 0.233 e. The summed E-state index contributed by atoms with van der Waals surface area (Å²) in [6.07, 6.45) is 11.2. The van der Waals surface area contributed by atoms with E-state index in [0.29, 0.717) is 37.1 Å². The fraction of sp³-hybridized carbons (Fsp3) is 0.424. The number of benzene rings is 1. The van der Waals surface area contributed by atoms with Crippen molar-refractivity contribution < 1.29 is 14.3 Å². The number of Topliss-reactive ketones (excluding diaryl/α,β-unsaturated/α-hetero) is 1. The molecule has 5 heterocycles. The first-order chi connectivity index (χ1) is 20.4. The Kier molecular flexibility index (Phi) is 6.77. The Balaban J connectivity index is 1.14. The van der Waals surface area contributed by atoms with E-state index in [1.807, 2.05) is 52.9 Å². The van der Waals surface area contributed by atoms with Crippen LogP contribution in [0.1, 0.15) is 78.3 Å². The van der Waals surface area contributed by atoms with Crippen LogP contribution < -0.4 is 5.73 Å². The van der Waals surface area contributed by atoms with Gasteiger partial charge in [-0.3, -0.25) is 19.0 Å². The first kappa shape index (κ1) is 26.8. The second kappa shape index (κ2) is 10.6. The third-order valence-electron chi connectivity index (χ3n) is 9.28. The summed E-state index contributed by atoms with van der Waals surface area (Å²) in [5.41, 5.74) is 11.1. The van der Waals surface area contributed by atoms with Gasteiger partial charge in [-0.15, -0.1) is 0 Å². The molecule has 0 unspecified atom stereocenters. The molecule has 0 radical (unpaired) electrons. The minimum absolute atomic E-state index is 0.0360. The summed E-state index contributed by atoms with van der Waals surface area (Å²) in [4.78, 5) is 42.3. The van der Waals surface area contributed by atoms with Gasteiger partial charge in [0, 0.05) is 54.4 Å². The number of hydrogen-bond donors (Lipinski definition) is 1. The number of nitrogens with two attached hydrogens (primary N) is 1. The molecule has 1 aromatic carbocycles. The highest BCUT2D eigenvalue weighted by Gasteiger charge is 2.44. The molecule has 42 heavy (non-hydrogen) atoms. The number of carbonyl (C=O) groups is 2. The van der Waals surface area contributed by atoms with E-state index in [4.69, 9.17) is 15.5 Å². The van der Waals surface area contributed by atoms with Crippen molar-refractivity contribution >= 4 is 23.0 Å². The number of hydrogen-bond acceptors (Lipinski definition) is 7. The Morgan fingerprint density at radius 3 is 2.52 bits per heavy atom. The summed E-state index contributed by atoms with van der Waals surface area (Å²) in [5.74, 6) is 2.14. The smallest absolute Gasteiger partial charge is 0.233 e. The zero-order valence-electron chi connectivity index (χ0n) is 24.0. The molecule has 216 valence electrons. The molecule has 1 aliphatic carbocycles. The van der Waals surface area contributed by atoms with Gasteiger partial charge in [0.25, 0.3) is 0 Å². The number of likely N-dealkylation sites (tertiary alicyclic amines) is 1. The van der Waals surface area contributed by atoms with E-state index in [9.17, 15) is 9.59 Å². The highest BCUT2D eigenvalue weighted by Crippen LogP contribution is 2.37. The SMILES string of the molecule is CC1(C(=O)N2CCC[C@@H](c3nc(-c4ccc(C(=O)Cc5cc(C6CCC6)ccn5)cc4)c4c(N)nccn34)C2)COC1. The number of ether oxygens (including phenoxy) is 1. The number of amides is 1. The number of carbonyl (C=O) groups excluding carboxylic acids is 2. The molecule has 3 aliphatic rings. The lowest BCUT2D eigenvalue weighted by Crippen LogP contribution is -2.55. The molecule has 9 nitrogen and oxygen atoms in total. The Morgan fingerprint density at radius 2 is 1.81 bits per heavy atom. The molecular weight excluding hydrogens is 528 g/mol. The molecule has 2 saturated heterocycles. The molecular formula is C33H36N6O3. The second-order valence-corrected chi connectivity index (χ2v) is 12.4. The number of anilines is 1. The zero-order valence-corrected chi connectivity index (χ0v) is 24.0. The van der Waals surface area contributed by atoms with Crippen molar-refractivity contribution in [1.82, 2.24) is 24.3 Å². The van der Waals surface area contributed by atoms with Crippen molar-refractivity contribution in [2.24, 2.45) is 5.41 Å². The Bertz CT molecular complexity index is 1650. The first-order valence-corrected chi connectivity index (χ1v) is 15.0. The van der Waals surface area contributed by atoms with Gasteiger partial charge >= 0.3 is 0 Å². The third kappa shape index (κ3) is 4.75. The maximum atomic E-state index is 13.2. The minimum atomic E-state index is -0.426. The summed E-state index contributed by atoms with van der Waals surface area (Å²) in [6, 6.07) is 11.7. The largest absolute Gasteiger partial charge is 0.382 e. The number of nitrogen functional groups attached to an aromatic ring is 1. The lowest BCUT2D eigenvalue weighted by atomic mass is 9.80. The average molecular weight is 565 g/mol. The van der Waals surface area contributed by atoms with Crippen LogP contribution in [0.25, 0.3) is 16.8 Å². The fourth-order valence-corrected chi connectivity index (χ4v) is 6.53. The summed E-state index contributed by atoms with van der Waals surface area (Å²) in [7, 11) is 0. The van der Waals surface area contributed by atoms with Crippen LogP contribution in [0.15, 0.2) is 55.0 Å². The van der Waals surface area contributed by atoms with Gasteiger partial charge in [0.2, 0.25) is 5.91 Å². The number of ketones is 1. The number of piperidine rings is 1. The van der Waals surface area contributed by atoms with Gasteiger partial charge in [-0.05, 0) is 56.2 Å². The van der Waals surface area contributed by atoms with Crippen LogP contribution in [-0.2, 0) is 16.0 Å². The van der Waals surface area contributed by atoms with Crippen LogP contribution in [0.5, 0.6) is 0 Å². The molecule has 1 saturated carbocycles. The summed E-state index contributed by atoms with van der Waals surface area (Å²) in [6.45, 7) is 4.30. The van der Waals surface area contributed by atoms with Crippen LogP contribution in [0, 0.1) is 5.41 Å². The molecule has 3 aromatic heterocycles. The summed E-state index contributed by atoms with van der Waals surface area (Å²) in [5, 5.41) is 0. The topological polar surface area (TPSA) is 116 Å². The Hall–Kier alpha value is -4.11. The molecule has 2 aliphatic heterocycles. The molecule has 2 N–H and O–H groups in total. The van der Waals surface area contributed by atoms with Crippen molar-refractivity contribution in [1.29, 1.82) is 0 Å². The van der Waals surface area contributed by atoms with Gasteiger partial charge in [-0.1, -0.05) is 30.7 Å². The Morgan fingerprint density at radius 1 is 1.02 bits per heavy atom. The number of fused-ring (bicyclic) bond motifs is 1. The summed E-state index contributed by atoms with van der Waals surface area (Å²) >= 11 is 0. The molecule has 1 amide bonds. The highest BCUT2D eigenvalue weighted by molar-refractivity contribution is 5.98. The van der Waals surface area contributed by atoms with Crippen molar-refractivity contribution in [3.63, 3.8) is 0 Å². The van der Waals surface area contributed by atoms with Gasteiger partial charge in [-0.25, -0.2) is 9.97 Å². The van der Waals surface area contributed by atoms with E-state index in [0.717, 1.165) is 47.7 Å². The maximum absolute atomic E-state index is 13.2. The number of aromatic nitrogens is 4. The normalized spacial score (nSPS) is 20.2. The number of imidazole rings is 1. The van der Waals surface area contributed by atoms with E-state index in [2.05, 4.69) is 22.1 Å². The molecule has 9 heteroatoms. The van der Waals surface area contributed by atoms with Crippen molar-refractivity contribution in [3.05, 3.63) is 77.6 Å². The van der Waals surface area contributed by atoms with Gasteiger partial charge in [0.05, 0.1) is 25.0 Å². The van der Waals surface area contributed by atoms with Gasteiger partial charge < -0.3 is 15.4 Å². The third-order valence-corrected chi connectivity index (χ3v) is 9.28. The van der Waals surface area contributed by atoms with E-state index >= 15 is 0 Å².